The highest BCUT2D eigenvalue weighted by Gasteiger charge is 2.32. The van der Waals surface area contributed by atoms with Gasteiger partial charge in [0.25, 0.3) is 0 Å². The van der Waals surface area contributed by atoms with Crippen molar-refractivity contribution in [1.29, 1.82) is 0 Å². The molecule has 1 saturated heterocycles. The minimum absolute atomic E-state index is 0.0557. The second-order valence-electron chi connectivity index (χ2n) is 4.35. The van der Waals surface area contributed by atoms with Crippen LogP contribution in [0.5, 0.6) is 0 Å². The molecule has 1 aliphatic heterocycles. The first-order valence-corrected chi connectivity index (χ1v) is 6.01. The van der Waals surface area contributed by atoms with Crippen molar-refractivity contribution in [2.24, 2.45) is 5.73 Å². The number of amides is 3. The minimum Gasteiger partial charge on any atom is -0.481 e. The number of hydrogen-bond acceptors (Lipinski definition) is 3. The molecule has 1 atom stereocenters. The Bertz CT molecular complexity index is 345. The van der Waals surface area contributed by atoms with Gasteiger partial charge in [0.15, 0.2) is 0 Å². The molecule has 0 radical (unpaired) electrons. The van der Waals surface area contributed by atoms with E-state index in [9.17, 15) is 14.4 Å². The van der Waals surface area contributed by atoms with Gasteiger partial charge in [0.2, 0.25) is 5.91 Å². The maximum Gasteiger partial charge on any atom is 0.320 e. The number of carboxylic acids is 1. The average Bonchev–Trinajstić information content (AvgIpc) is 2.71. The van der Waals surface area contributed by atoms with Gasteiger partial charge in [-0.2, -0.15) is 0 Å². The summed E-state index contributed by atoms with van der Waals surface area (Å²) < 4.78 is 0. The highest BCUT2D eigenvalue weighted by atomic mass is 16.4. The predicted molar refractivity (Wildman–Crippen MR) is 63.8 cm³/mol. The van der Waals surface area contributed by atoms with E-state index in [4.69, 9.17) is 10.8 Å². The molecular weight excluding hydrogens is 238 g/mol. The van der Waals surface area contributed by atoms with Gasteiger partial charge in [-0.1, -0.05) is 0 Å². The molecule has 1 rings (SSSR count). The van der Waals surface area contributed by atoms with E-state index in [-0.39, 0.29) is 25.0 Å². The van der Waals surface area contributed by atoms with E-state index in [0.29, 0.717) is 19.5 Å². The lowest BCUT2D eigenvalue weighted by atomic mass is 10.1. The Kier molecular flexibility index (Phi) is 4.94. The number of primary amides is 1. The number of likely N-dealkylation sites (tertiary alicyclic amines) is 1. The van der Waals surface area contributed by atoms with Crippen molar-refractivity contribution in [2.45, 2.75) is 32.2 Å². The number of aliphatic carboxylic acids is 1. The van der Waals surface area contributed by atoms with Gasteiger partial charge in [0.1, 0.15) is 6.54 Å². The van der Waals surface area contributed by atoms with Gasteiger partial charge in [0, 0.05) is 19.1 Å². The van der Waals surface area contributed by atoms with Crippen LogP contribution < -0.4 is 5.73 Å². The van der Waals surface area contributed by atoms with Crippen LogP contribution in [0.2, 0.25) is 0 Å². The molecule has 7 heteroatoms. The molecule has 0 spiro atoms. The average molecular weight is 257 g/mol. The molecule has 0 aromatic carbocycles. The lowest BCUT2D eigenvalue weighted by Crippen LogP contribution is -2.48. The zero-order chi connectivity index (χ0) is 13.7. The third kappa shape index (κ3) is 3.61. The number of nitrogens with zero attached hydrogens (tertiary/aromatic N) is 2. The molecule has 18 heavy (non-hydrogen) atoms. The molecule has 0 aromatic rings. The van der Waals surface area contributed by atoms with Gasteiger partial charge < -0.3 is 20.6 Å². The lowest BCUT2D eigenvalue weighted by Gasteiger charge is -2.30. The maximum absolute atomic E-state index is 12.2. The van der Waals surface area contributed by atoms with Crippen LogP contribution in [0.3, 0.4) is 0 Å². The van der Waals surface area contributed by atoms with Gasteiger partial charge in [0.05, 0.1) is 6.42 Å². The first kappa shape index (κ1) is 14.3. The third-order valence-electron chi connectivity index (χ3n) is 3.03. The quantitative estimate of drug-likeness (QED) is 0.714. The van der Waals surface area contributed by atoms with Crippen LogP contribution >= 0.6 is 0 Å². The number of likely N-dealkylation sites (N-methyl/N-ethyl adjacent to an activating group) is 1. The number of nitrogens with two attached hydrogens (primary N) is 1. The van der Waals surface area contributed by atoms with Crippen LogP contribution in [0.15, 0.2) is 0 Å². The Balaban J connectivity index is 2.68. The van der Waals surface area contributed by atoms with E-state index in [1.165, 1.54) is 9.80 Å². The minimum atomic E-state index is -0.919. The number of carboxylic acid groups (broad SMARTS) is 1. The number of urea groups is 1. The van der Waals surface area contributed by atoms with Gasteiger partial charge >= 0.3 is 12.0 Å². The molecule has 1 fully saturated rings. The van der Waals surface area contributed by atoms with E-state index in [2.05, 4.69) is 0 Å². The molecule has 1 aliphatic rings. The summed E-state index contributed by atoms with van der Waals surface area (Å²) >= 11 is 0. The molecule has 3 amide bonds. The summed E-state index contributed by atoms with van der Waals surface area (Å²) in [4.78, 5) is 36.6. The van der Waals surface area contributed by atoms with E-state index < -0.39 is 11.9 Å². The number of rotatable bonds is 5. The van der Waals surface area contributed by atoms with Crippen molar-refractivity contribution in [1.82, 2.24) is 9.80 Å². The van der Waals surface area contributed by atoms with Crippen LogP contribution in [0, 0.1) is 0 Å². The summed E-state index contributed by atoms with van der Waals surface area (Å²) in [5.41, 5.74) is 5.08. The van der Waals surface area contributed by atoms with E-state index in [0.717, 1.165) is 6.42 Å². The Morgan fingerprint density at radius 1 is 1.44 bits per heavy atom. The lowest BCUT2D eigenvalue weighted by molar-refractivity contribution is -0.138. The molecule has 0 aliphatic carbocycles. The van der Waals surface area contributed by atoms with Crippen LogP contribution in [-0.2, 0) is 9.59 Å². The normalized spacial score (nSPS) is 18.7. The van der Waals surface area contributed by atoms with Gasteiger partial charge in [-0.3, -0.25) is 9.59 Å². The fourth-order valence-corrected chi connectivity index (χ4v) is 2.19. The monoisotopic (exact) mass is 257 g/mol. The summed E-state index contributed by atoms with van der Waals surface area (Å²) in [5, 5.41) is 8.79. The van der Waals surface area contributed by atoms with Crippen LogP contribution in [0.25, 0.3) is 0 Å². The highest BCUT2D eigenvalue weighted by molar-refractivity contribution is 5.83. The molecular formula is C11H19N3O4. The Labute approximate surface area is 106 Å². The Hall–Kier alpha value is -1.79. The van der Waals surface area contributed by atoms with Crippen LogP contribution in [0.4, 0.5) is 4.79 Å². The zero-order valence-corrected chi connectivity index (χ0v) is 10.5. The molecule has 0 saturated carbocycles. The van der Waals surface area contributed by atoms with Crippen molar-refractivity contribution in [3.8, 4) is 0 Å². The highest BCUT2D eigenvalue weighted by Crippen LogP contribution is 2.21. The standard InChI is InChI=1S/C11H19N3O4/c1-2-13(7-9(12)15)11(18)14-5-3-4-8(14)6-10(16)17/h8H,2-7H2,1H3,(H2,12,15)(H,16,17). The largest absolute Gasteiger partial charge is 0.481 e. The van der Waals surface area contributed by atoms with Crippen molar-refractivity contribution in [3.05, 3.63) is 0 Å². The maximum atomic E-state index is 12.2. The van der Waals surface area contributed by atoms with Crippen molar-refractivity contribution in [2.75, 3.05) is 19.6 Å². The number of carbonyl (C=O) groups is 3. The van der Waals surface area contributed by atoms with E-state index >= 15 is 0 Å². The molecule has 1 unspecified atom stereocenters. The molecule has 3 N–H and O–H groups in total. The van der Waals surface area contributed by atoms with Crippen molar-refractivity contribution in [3.63, 3.8) is 0 Å². The first-order chi connectivity index (χ1) is 8.45. The van der Waals surface area contributed by atoms with E-state index in [1.807, 2.05) is 0 Å². The second-order valence-corrected chi connectivity index (χ2v) is 4.35. The fourth-order valence-electron chi connectivity index (χ4n) is 2.19. The van der Waals surface area contributed by atoms with Crippen LogP contribution in [-0.4, -0.2) is 58.5 Å². The first-order valence-electron chi connectivity index (χ1n) is 6.01. The predicted octanol–water partition coefficient (Wildman–Crippen LogP) is -0.147. The van der Waals surface area contributed by atoms with Crippen molar-refractivity contribution >= 4 is 17.9 Å². The summed E-state index contributed by atoms with van der Waals surface area (Å²) in [6.07, 6.45) is 1.42. The molecule has 102 valence electrons. The molecule has 7 nitrogen and oxygen atoms in total. The third-order valence-corrected chi connectivity index (χ3v) is 3.03. The molecule has 0 aromatic heterocycles. The van der Waals surface area contributed by atoms with Gasteiger partial charge in [-0.05, 0) is 19.8 Å². The number of carbonyl (C=O) groups excluding carboxylic acids is 2. The van der Waals surface area contributed by atoms with Gasteiger partial charge in [-0.25, -0.2) is 4.79 Å². The Morgan fingerprint density at radius 3 is 2.61 bits per heavy atom. The SMILES string of the molecule is CCN(CC(N)=O)C(=O)N1CCCC1CC(=O)O. The van der Waals surface area contributed by atoms with Crippen LogP contribution in [0.1, 0.15) is 26.2 Å². The smallest absolute Gasteiger partial charge is 0.320 e. The number of hydrogen-bond donors (Lipinski definition) is 2. The molecule has 1 heterocycles. The Morgan fingerprint density at radius 2 is 2.11 bits per heavy atom. The molecule has 0 bridgehead atoms. The summed E-state index contributed by atoms with van der Waals surface area (Å²) in [6.45, 7) is 2.53. The van der Waals surface area contributed by atoms with Crippen molar-refractivity contribution < 1.29 is 19.5 Å². The zero-order valence-electron chi connectivity index (χ0n) is 10.5. The second kappa shape index (κ2) is 6.23. The van der Waals surface area contributed by atoms with E-state index in [1.54, 1.807) is 6.92 Å². The summed E-state index contributed by atoms with van der Waals surface area (Å²) in [5.74, 6) is -1.49. The van der Waals surface area contributed by atoms with Gasteiger partial charge in [-0.15, -0.1) is 0 Å². The summed E-state index contributed by atoms with van der Waals surface area (Å²) in [7, 11) is 0. The summed E-state index contributed by atoms with van der Waals surface area (Å²) in [6, 6.07) is -0.586. The fraction of sp³-hybridized carbons (Fsp3) is 0.727. The topological polar surface area (TPSA) is 104 Å².